The largest absolute Gasteiger partial charge is 0.351 e. The lowest BCUT2D eigenvalue weighted by Gasteiger charge is -2.07. The number of hydrogen-bond donors (Lipinski definition) is 3. The van der Waals surface area contributed by atoms with E-state index < -0.39 is 41.6 Å². The van der Waals surface area contributed by atoms with Crippen molar-refractivity contribution in [3.05, 3.63) is 64.4 Å². The molecular formula is C17H11NO8S2. The molecule has 4 rings (SSSR count). The third-order valence-corrected chi connectivity index (χ3v) is 6.34. The fourth-order valence-electron chi connectivity index (χ4n) is 3.33. The molecule has 0 radical (unpaired) electrons. The van der Waals surface area contributed by atoms with Crippen LogP contribution in [0.25, 0.3) is 0 Å². The van der Waals surface area contributed by atoms with E-state index >= 15 is 0 Å². The van der Waals surface area contributed by atoms with Crippen LogP contribution in [0, 0.1) is 0 Å². The van der Waals surface area contributed by atoms with Crippen LogP contribution in [0.1, 0.15) is 26.3 Å². The number of allylic oxidation sites excluding steroid dienone is 2. The molecule has 2 aromatic rings. The van der Waals surface area contributed by atoms with E-state index in [4.69, 9.17) is 0 Å². The Hall–Kier alpha value is -2.86. The molecule has 0 unspecified atom stereocenters. The van der Waals surface area contributed by atoms with Crippen molar-refractivity contribution >= 4 is 37.5 Å². The smallest absolute Gasteiger partial charge is 0.294 e. The number of para-hydroxylation sites is 1. The second-order valence-electron chi connectivity index (χ2n) is 6.26. The fourth-order valence-corrected chi connectivity index (χ4v) is 4.71. The normalized spacial score (nSPS) is 18.8. The van der Waals surface area contributed by atoms with Crippen LogP contribution in [0.15, 0.2) is 57.5 Å². The topological polar surface area (TPSA) is 155 Å². The number of rotatable bonds is 2. The van der Waals surface area contributed by atoms with Crippen molar-refractivity contribution in [1.29, 1.82) is 0 Å². The van der Waals surface area contributed by atoms with Gasteiger partial charge in [0.25, 0.3) is 20.2 Å². The van der Waals surface area contributed by atoms with Gasteiger partial charge in [-0.25, -0.2) is 0 Å². The second-order valence-corrected chi connectivity index (χ2v) is 9.07. The standard InChI is InChI=1S/C17H11NO8S2/c19-16-11-5-8(27(21,22)23)6-14(28(24,25)26)10(11)7-12(16)15-17(20)9-3-1-2-4-13(9)18-15/h1-6,18H,7H2,(H,21,22,23)(H,24,25,26)/b15-12-. The van der Waals surface area contributed by atoms with Gasteiger partial charge in [-0.2, -0.15) is 16.8 Å². The second kappa shape index (κ2) is 5.82. The number of anilines is 1. The van der Waals surface area contributed by atoms with Crippen LogP contribution in [-0.2, 0) is 26.7 Å². The van der Waals surface area contributed by atoms with E-state index in [1.807, 2.05) is 0 Å². The van der Waals surface area contributed by atoms with E-state index in [1.54, 1.807) is 24.3 Å². The number of carbonyl (C=O) groups is 2. The molecule has 2 aliphatic rings. The van der Waals surface area contributed by atoms with Crippen molar-refractivity contribution in [2.75, 3.05) is 5.32 Å². The van der Waals surface area contributed by atoms with Gasteiger partial charge in [-0.3, -0.25) is 18.7 Å². The Labute approximate surface area is 159 Å². The Kier molecular flexibility index (Phi) is 3.84. The zero-order valence-corrected chi connectivity index (χ0v) is 15.5. The monoisotopic (exact) mass is 421 g/mol. The van der Waals surface area contributed by atoms with Crippen LogP contribution in [0.3, 0.4) is 0 Å². The van der Waals surface area contributed by atoms with Crippen LogP contribution in [0.4, 0.5) is 5.69 Å². The first-order valence-corrected chi connectivity index (χ1v) is 10.7. The highest BCUT2D eigenvalue weighted by Crippen LogP contribution is 2.38. The van der Waals surface area contributed by atoms with Gasteiger partial charge in [0, 0.05) is 28.8 Å². The molecule has 0 spiro atoms. The predicted octanol–water partition coefficient (Wildman–Crippen LogP) is 1.48. The van der Waals surface area contributed by atoms with Crippen molar-refractivity contribution in [3.63, 3.8) is 0 Å². The molecule has 0 bridgehead atoms. The maximum Gasteiger partial charge on any atom is 0.294 e. The minimum Gasteiger partial charge on any atom is -0.351 e. The lowest BCUT2D eigenvalue weighted by molar-refractivity contribution is 0.101. The molecule has 0 atom stereocenters. The summed E-state index contributed by atoms with van der Waals surface area (Å²) in [5.41, 5.74) is 0.240. The summed E-state index contributed by atoms with van der Waals surface area (Å²) in [6.45, 7) is 0. The first-order valence-electron chi connectivity index (χ1n) is 7.79. The van der Waals surface area contributed by atoms with Gasteiger partial charge < -0.3 is 5.32 Å². The fraction of sp³-hybridized carbons (Fsp3) is 0.0588. The van der Waals surface area contributed by atoms with E-state index in [-0.39, 0.29) is 28.8 Å². The number of benzene rings is 2. The van der Waals surface area contributed by atoms with Gasteiger partial charge >= 0.3 is 0 Å². The third-order valence-electron chi connectivity index (χ3n) is 4.59. The molecule has 1 aliphatic heterocycles. The van der Waals surface area contributed by atoms with E-state index in [9.17, 15) is 35.5 Å². The molecule has 2 aromatic carbocycles. The minimum absolute atomic E-state index is 0.0444. The lowest BCUT2D eigenvalue weighted by Crippen LogP contribution is -2.10. The molecule has 0 amide bonds. The van der Waals surface area contributed by atoms with Crippen molar-refractivity contribution in [3.8, 4) is 0 Å². The van der Waals surface area contributed by atoms with Crippen LogP contribution in [-0.4, -0.2) is 37.5 Å². The highest BCUT2D eigenvalue weighted by molar-refractivity contribution is 7.86. The number of ketones is 2. The van der Waals surface area contributed by atoms with Crippen LogP contribution in [0.2, 0.25) is 0 Å². The summed E-state index contributed by atoms with van der Waals surface area (Å²) in [5.74, 6) is -1.23. The van der Waals surface area contributed by atoms with E-state index in [1.165, 1.54) is 0 Å². The molecule has 1 aliphatic carbocycles. The van der Waals surface area contributed by atoms with Crippen LogP contribution >= 0.6 is 0 Å². The summed E-state index contributed by atoms with van der Waals surface area (Å²) in [6, 6.07) is 7.92. The maximum atomic E-state index is 12.8. The SMILES string of the molecule is O=C1/C(=C2\Cc3c(cc(S(=O)(=O)O)cc3S(=O)(=O)O)C2=O)Nc2ccccc21. The van der Waals surface area contributed by atoms with Crippen molar-refractivity contribution in [2.45, 2.75) is 16.2 Å². The Morgan fingerprint density at radius 1 is 0.857 bits per heavy atom. The van der Waals surface area contributed by atoms with Crippen molar-refractivity contribution in [2.24, 2.45) is 0 Å². The molecule has 0 fully saturated rings. The average molecular weight is 421 g/mol. The maximum absolute atomic E-state index is 12.8. The van der Waals surface area contributed by atoms with E-state index in [0.717, 1.165) is 6.07 Å². The zero-order chi connectivity index (χ0) is 20.4. The molecule has 3 N–H and O–H groups in total. The van der Waals surface area contributed by atoms with Gasteiger partial charge in [0.05, 0.1) is 15.5 Å². The summed E-state index contributed by atoms with van der Waals surface area (Å²) in [6.07, 6.45) is -0.308. The van der Waals surface area contributed by atoms with Gasteiger partial charge in [-0.15, -0.1) is 0 Å². The Balaban J connectivity index is 1.94. The number of fused-ring (bicyclic) bond motifs is 2. The van der Waals surface area contributed by atoms with E-state index in [2.05, 4.69) is 5.32 Å². The molecule has 0 saturated carbocycles. The van der Waals surface area contributed by atoms with Crippen molar-refractivity contribution in [1.82, 2.24) is 0 Å². The first kappa shape index (κ1) is 18.5. The molecule has 144 valence electrons. The Bertz CT molecular complexity index is 1340. The van der Waals surface area contributed by atoms with Gasteiger partial charge in [0.1, 0.15) is 0 Å². The first-order chi connectivity index (χ1) is 13.0. The van der Waals surface area contributed by atoms with Crippen molar-refractivity contribution < 1.29 is 35.5 Å². The van der Waals surface area contributed by atoms with Gasteiger partial charge in [0.15, 0.2) is 5.78 Å². The molecule has 28 heavy (non-hydrogen) atoms. The lowest BCUT2D eigenvalue weighted by atomic mass is 10.1. The molecule has 0 saturated heterocycles. The predicted molar refractivity (Wildman–Crippen MR) is 95.5 cm³/mol. The number of hydrogen-bond acceptors (Lipinski definition) is 7. The quantitative estimate of drug-likeness (QED) is 0.483. The highest BCUT2D eigenvalue weighted by Gasteiger charge is 2.38. The third kappa shape index (κ3) is 2.76. The molecular weight excluding hydrogens is 410 g/mol. The number of Topliss-reactive ketones (excluding diaryl/α,β-unsaturated/α-hetero) is 2. The van der Waals surface area contributed by atoms with Gasteiger partial charge in [0.2, 0.25) is 5.78 Å². The molecule has 11 heteroatoms. The highest BCUT2D eigenvalue weighted by atomic mass is 32.2. The molecule has 1 heterocycles. The molecule has 9 nitrogen and oxygen atoms in total. The number of nitrogens with one attached hydrogen (secondary N) is 1. The Morgan fingerprint density at radius 2 is 1.54 bits per heavy atom. The Morgan fingerprint density at radius 3 is 2.14 bits per heavy atom. The summed E-state index contributed by atoms with van der Waals surface area (Å²) >= 11 is 0. The minimum atomic E-state index is -4.90. The van der Waals surface area contributed by atoms with Crippen LogP contribution < -0.4 is 5.32 Å². The zero-order valence-electron chi connectivity index (χ0n) is 13.8. The average Bonchev–Trinajstić information content (AvgIpc) is 3.10. The summed E-state index contributed by atoms with van der Waals surface area (Å²) < 4.78 is 65.0. The van der Waals surface area contributed by atoms with E-state index in [0.29, 0.717) is 17.3 Å². The summed E-state index contributed by atoms with van der Waals surface area (Å²) in [7, 11) is -9.75. The molecule has 0 aromatic heterocycles. The number of carbonyl (C=O) groups excluding carboxylic acids is 2. The van der Waals surface area contributed by atoms with Gasteiger partial charge in [-0.1, -0.05) is 12.1 Å². The summed E-state index contributed by atoms with van der Waals surface area (Å²) in [4.78, 5) is 23.8. The van der Waals surface area contributed by atoms with Gasteiger partial charge in [-0.05, 0) is 29.8 Å². The van der Waals surface area contributed by atoms with Crippen LogP contribution in [0.5, 0.6) is 0 Å². The summed E-state index contributed by atoms with van der Waals surface area (Å²) in [5, 5.41) is 2.82.